The molecular formula is C16H13F2N3O4. The Morgan fingerprint density at radius 1 is 1.16 bits per heavy atom. The number of carbonyl (C=O) groups excluding carboxylic acids is 4. The molecule has 1 saturated heterocycles. The number of carbonyl (C=O) groups is 4. The van der Waals surface area contributed by atoms with Gasteiger partial charge < -0.3 is 4.90 Å². The van der Waals surface area contributed by atoms with Gasteiger partial charge in [-0.3, -0.25) is 29.4 Å². The predicted octanol–water partition coefficient (Wildman–Crippen LogP) is 0.459. The van der Waals surface area contributed by atoms with Crippen molar-refractivity contribution in [1.29, 1.82) is 0 Å². The van der Waals surface area contributed by atoms with E-state index in [2.05, 4.69) is 5.32 Å². The second-order valence-electron chi connectivity index (χ2n) is 5.67. The van der Waals surface area contributed by atoms with Gasteiger partial charge in [0.25, 0.3) is 11.8 Å². The molecule has 0 aliphatic carbocycles. The summed E-state index contributed by atoms with van der Waals surface area (Å²) in [5.41, 5.74) is 0.0807. The van der Waals surface area contributed by atoms with Crippen molar-refractivity contribution < 1.29 is 28.0 Å². The topological polar surface area (TPSA) is 86.8 Å². The summed E-state index contributed by atoms with van der Waals surface area (Å²) in [6.45, 7) is 0. The minimum Gasteiger partial charge on any atom is -0.340 e. The highest BCUT2D eigenvalue weighted by Crippen LogP contribution is 2.27. The van der Waals surface area contributed by atoms with E-state index in [1.807, 2.05) is 0 Å². The first kappa shape index (κ1) is 16.7. The number of nitrogens with one attached hydrogen (secondary N) is 1. The van der Waals surface area contributed by atoms with Gasteiger partial charge in [-0.1, -0.05) is 0 Å². The Bertz CT molecular complexity index is 837. The van der Waals surface area contributed by atoms with E-state index in [9.17, 15) is 28.0 Å². The second-order valence-corrected chi connectivity index (χ2v) is 5.67. The zero-order chi connectivity index (χ0) is 18.3. The number of imide groups is 2. The molecule has 0 aromatic heterocycles. The van der Waals surface area contributed by atoms with Gasteiger partial charge in [-0.05, 0) is 18.6 Å². The van der Waals surface area contributed by atoms with Crippen LogP contribution in [-0.4, -0.2) is 41.6 Å². The normalized spacial score (nSPS) is 20.7. The number of benzene rings is 1. The van der Waals surface area contributed by atoms with E-state index < -0.39 is 41.3 Å². The van der Waals surface area contributed by atoms with Crippen molar-refractivity contribution >= 4 is 29.3 Å². The summed E-state index contributed by atoms with van der Waals surface area (Å²) in [4.78, 5) is 49.9. The van der Waals surface area contributed by atoms with Crippen molar-refractivity contribution in [2.45, 2.75) is 18.9 Å². The number of hydrogen-bond donors (Lipinski definition) is 1. The molecule has 0 spiro atoms. The van der Waals surface area contributed by atoms with Crippen molar-refractivity contribution in [3.05, 3.63) is 41.6 Å². The summed E-state index contributed by atoms with van der Waals surface area (Å²) in [6, 6.07) is 1.97. The highest BCUT2D eigenvalue weighted by molar-refractivity contribution is 6.20. The molecule has 4 amide bonds. The Hall–Kier alpha value is -3.10. The minimum absolute atomic E-state index is 0.0157. The molecule has 1 unspecified atom stereocenters. The van der Waals surface area contributed by atoms with Gasteiger partial charge in [0.2, 0.25) is 11.8 Å². The molecule has 0 saturated carbocycles. The summed E-state index contributed by atoms with van der Waals surface area (Å²) >= 11 is 0. The van der Waals surface area contributed by atoms with E-state index in [0.29, 0.717) is 0 Å². The van der Waals surface area contributed by atoms with E-state index in [0.717, 1.165) is 23.1 Å². The van der Waals surface area contributed by atoms with Gasteiger partial charge in [0.1, 0.15) is 11.7 Å². The van der Waals surface area contributed by atoms with Crippen LogP contribution in [0.1, 0.15) is 12.8 Å². The van der Waals surface area contributed by atoms with Gasteiger partial charge in [-0.2, -0.15) is 0 Å². The molecule has 1 aromatic rings. The van der Waals surface area contributed by atoms with E-state index in [-0.39, 0.29) is 24.2 Å². The molecule has 0 radical (unpaired) electrons. The van der Waals surface area contributed by atoms with Crippen LogP contribution in [0.2, 0.25) is 0 Å². The number of halogens is 2. The smallest absolute Gasteiger partial charge is 0.278 e. The molecule has 3 rings (SSSR count). The maximum atomic E-state index is 13.4. The molecule has 130 valence electrons. The van der Waals surface area contributed by atoms with Crippen LogP contribution >= 0.6 is 0 Å². The molecular weight excluding hydrogens is 336 g/mol. The number of likely N-dealkylation sites (N-methyl/N-ethyl adjacent to an activating group) is 1. The molecule has 7 nitrogen and oxygen atoms in total. The third kappa shape index (κ3) is 2.88. The van der Waals surface area contributed by atoms with Crippen molar-refractivity contribution in [3.8, 4) is 0 Å². The summed E-state index contributed by atoms with van der Waals surface area (Å²) in [6.07, 6.45) is 1.08. The fraction of sp³-hybridized carbons (Fsp3) is 0.250. The second kappa shape index (κ2) is 6.08. The quantitative estimate of drug-likeness (QED) is 0.801. The lowest BCUT2D eigenvalue weighted by atomic mass is 10.0. The third-order valence-electron chi connectivity index (χ3n) is 4.11. The van der Waals surface area contributed by atoms with Crippen molar-refractivity contribution in [2.24, 2.45) is 0 Å². The van der Waals surface area contributed by atoms with Crippen molar-refractivity contribution in [2.75, 3.05) is 11.9 Å². The SMILES string of the molecule is CN(C1=CC(=O)N(C2CCC(=O)NC2=O)C1=O)c1ccc(F)c(F)c1. The number of piperidine rings is 1. The van der Waals surface area contributed by atoms with Crippen LogP contribution in [-0.2, 0) is 19.2 Å². The van der Waals surface area contributed by atoms with Crippen molar-refractivity contribution in [1.82, 2.24) is 10.2 Å². The van der Waals surface area contributed by atoms with Gasteiger partial charge in [-0.15, -0.1) is 0 Å². The van der Waals surface area contributed by atoms with Crippen molar-refractivity contribution in [3.63, 3.8) is 0 Å². The van der Waals surface area contributed by atoms with Gasteiger partial charge in [0, 0.05) is 31.3 Å². The molecule has 1 fully saturated rings. The minimum atomic E-state index is -1.09. The average molecular weight is 349 g/mol. The maximum absolute atomic E-state index is 13.4. The number of nitrogens with zero attached hydrogens (tertiary/aromatic N) is 2. The lowest BCUT2D eigenvalue weighted by Gasteiger charge is -2.29. The predicted molar refractivity (Wildman–Crippen MR) is 80.9 cm³/mol. The van der Waals surface area contributed by atoms with E-state index in [4.69, 9.17) is 0 Å². The Balaban J connectivity index is 1.85. The molecule has 1 atom stereocenters. The van der Waals surface area contributed by atoms with Crippen LogP contribution in [0.4, 0.5) is 14.5 Å². The first-order chi connectivity index (χ1) is 11.8. The Morgan fingerprint density at radius 3 is 2.52 bits per heavy atom. The fourth-order valence-corrected chi connectivity index (χ4v) is 2.77. The first-order valence-corrected chi connectivity index (χ1v) is 7.41. The first-order valence-electron chi connectivity index (χ1n) is 7.41. The van der Waals surface area contributed by atoms with Gasteiger partial charge in [-0.25, -0.2) is 8.78 Å². The lowest BCUT2D eigenvalue weighted by Crippen LogP contribution is -2.54. The van der Waals surface area contributed by atoms with E-state index >= 15 is 0 Å². The number of amides is 4. The zero-order valence-electron chi connectivity index (χ0n) is 13.1. The number of anilines is 1. The van der Waals surface area contributed by atoms with Crippen LogP contribution in [0.15, 0.2) is 30.0 Å². The zero-order valence-corrected chi connectivity index (χ0v) is 13.1. The summed E-state index contributed by atoms with van der Waals surface area (Å²) in [7, 11) is 1.41. The summed E-state index contributed by atoms with van der Waals surface area (Å²) < 4.78 is 26.4. The molecule has 25 heavy (non-hydrogen) atoms. The highest BCUT2D eigenvalue weighted by Gasteiger charge is 2.43. The van der Waals surface area contributed by atoms with Gasteiger partial charge in [0.15, 0.2) is 11.6 Å². The Kier molecular flexibility index (Phi) is 4.07. The molecule has 0 bridgehead atoms. The van der Waals surface area contributed by atoms with Gasteiger partial charge in [0.05, 0.1) is 0 Å². The third-order valence-corrected chi connectivity index (χ3v) is 4.11. The molecule has 2 aliphatic rings. The van der Waals surface area contributed by atoms with E-state index in [1.54, 1.807) is 0 Å². The van der Waals surface area contributed by atoms with Crippen LogP contribution < -0.4 is 10.2 Å². The van der Waals surface area contributed by atoms with E-state index in [1.165, 1.54) is 18.0 Å². The lowest BCUT2D eigenvalue weighted by molar-refractivity contribution is -0.149. The molecule has 1 aromatic carbocycles. The Morgan fingerprint density at radius 2 is 1.88 bits per heavy atom. The highest BCUT2D eigenvalue weighted by atomic mass is 19.2. The Labute approximate surface area is 140 Å². The average Bonchev–Trinajstić information content (AvgIpc) is 2.85. The van der Waals surface area contributed by atoms with Crippen LogP contribution in [0.3, 0.4) is 0 Å². The standard InChI is InChI=1S/C16H13F2N3O4/c1-20(8-2-3-9(17)10(18)6-8)12-7-14(23)21(16(12)25)11-4-5-13(22)19-15(11)24/h2-3,6-7,11H,4-5H2,1H3,(H,19,22,24). The number of hydrogen-bond acceptors (Lipinski definition) is 5. The summed E-state index contributed by atoms with van der Waals surface area (Å²) in [5, 5.41) is 2.08. The summed E-state index contributed by atoms with van der Waals surface area (Å²) in [5.74, 6) is -4.76. The largest absolute Gasteiger partial charge is 0.340 e. The monoisotopic (exact) mass is 349 g/mol. The van der Waals surface area contributed by atoms with Crippen LogP contribution in [0.5, 0.6) is 0 Å². The molecule has 2 heterocycles. The molecule has 9 heteroatoms. The van der Waals surface area contributed by atoms with Crippen LogP contribution in [0, 0.1) is 11.6 Å². The van der Waals surface area contributed by atoms with Gasteiger partial charge >= 0.3 is 0 Å². The molecule has 1 N–H and O–H groups in total. The fourth-order valence-electron chi connectivity index (χ4n) is 2.77. The maximum Gasteiger partial charge on any atom is 0.278 e. The van der Waals surface area contributed by atoms with Crippen LogP contribution in [0.25, 0.3) is 0 Å². The molecule has 2 aliphatic heterocycles. The number of rotatable bonds is 3.